The molecule has 2 aromatic rings. The Hall–Kier alpha value is -2.90. The summed E-state index contributed by atoms with van der Waals surface area (Å²) in [6, 6.07) is 9.77. The Morgan fingerprint density at radius 3 is 2.33 bits per heavy atom. The maximum Gasteiger partial charge on any atom is 0.573 e. The van der Waals surface area contributed by atoms with Crippen LogP contribution in [0.1, 0.15) is 10.4 Å². The standard InChI is InChI=1S/C16H14F3NO4/c1-22-10-7-8-13(23-2)11(9-10)15(21)20-12-5-3-4-6-14(12)24-16(17,18)19/h3-9H,1-2H3,(H,20,21). The number of carbonyl (C=O) groups is 1. The van der Waals surface area contributed by atoms with Crippen LogP contribution in [-0.4, -0.2) is 26.5 Å². The fourth-order valence-electron chi connectivity index (χ4n) is 1.96. The Morgan fingerprint density at radius 2 is 1.71 bits per heavy atom. The van der Waals surface area contributed by atoms with Crippen LogP contribution in [-0.2, 0) is 0 Å². The molecule has 0 saturated heterocycles. The number of rotatable bonds is 5. The Balaban J connectivity index is 2.31. The van der Waals surface area contributed by atoms with Gasteiger partial charge < -0.3 is 19.5 Å². The highest BCUT2D eigenvalue weighted by molar-refractivity contribution is 6.07. The van der Waals surface area contributed by atoms with Gasteiger partial charge in [0.15, 0.2) is 5.75 Å². The minimum Gasteiger partial charge on any atom is -0.497 e. The number of halogens is 3. The third kappa shape index (κ3) is 4.31. The Morgan fingerprint density at radius 1 is 1.00 bits per heavy atom. The predicted octanol–water partition coefficient (Wildman–Crippen LogP) is 3.85. The number of hydrogen-bond acceptors (Lipinski definition) is 4. The second kappa shape index (κ2) is 7.12. The van der Waals surface area contributed by atoms with E-state index in [4.69, 9.17) is 9.47 Å². The number of alkyl halides is 3. The van der Waals surface area contributed by atoms with E-state index >= 15 is 0 Å². The number of nitrogens with one attached hydrogen (secondary N) is 1. The molecule has 2 aromatic carbocycles. The Kier molecular flexibility index (Phi) is 5.18. The minimum absolute atomic E-state index is 0.110. The summed E-state index contributed by atoms with van der Waals surface area (Å²) in [5, 5.41) is 2.38. The summed E-state index contributed by atoms with van der Waals surface area (Å²) in [7, 11) is 2.80. The van der Waals surface area contributed by atoms with Crippen molar-refractivity contribution in [1.29, 1.82) is 0 Å². The van der Waals surface area contributed by atoms with Gasteiger partial charge in [0, 0.05) is 0 Å². The van der Waals surface area contributed by atoms with Crippen molar-refractivity contribution < 1.29 is 32.2 Å². The molecule has 0 aromatic heterocycles. The molecule has 5 nitrogen and oxygen atoms in total. The third-order valence-electron chi connectivity index (χ3n) is 3.01. The van der Waals surface area contributed by atoms with Gasteiger partial charge in [0.2, 0.25) is 0 Å². The molecule has 0 unspecified atom stereocenters. The van der Waals surface area contributed by atoms with E-state index in [1.54, 1.807) is 6.07 Å². The number of hydrogen-bond donors (Lipinski definition) is 1. The van der Waals surface area contributed by atoms with Crippen molar-refractivity contribution in [3.63, 3.8) is 0 Å². The van der Waals surface area contributed by atoms with E-state index in [9.17, 15) is 18.0 Å². The molecule has 1 amide bonds. The lowest BCUT2D eigenvalue weighted by Crippen LogP contribution is -2.19. The number of benzene rings is 2. The first kappa shape index (κ1) is 17.5. The lowest BCUT2D eigenvalue weighted by Gasteiger charge is -2.15. The summed E-state index contributed by atoms with van der Waals surface area (Å²) in [5.74, 6) is -0.521. The molecule has 0 aliphatic rings. The van der Waals surface area contributed by atoms with Gasteiger partial charge in [0.05, 0.1) is 25.5 Å². The zero-order chi connectivity index (χ0) is 17.7. The highest BCUT2D eigenvalue weighted by Gasteiger charge is 2.32. The lowest BCUT2D eigenvalue weighted by molar-refractivity contribution is -0.274. The average Bonchev–Trinajstić information content (AvgIpc) is 2.54. The molecule has 0 aliphatic carbocycles. The van der Waals surface area contributed by atoms with Gasteiger partial charge in [-0.15, -0.1) is 13.2 Å². The molecule has 2 rings (SSSR count). The summed E-state index contributed by atoms with van der Waals surface area (Å²) >= 11 is 0. The average molecular weight is 341 g/mol. The zero-order valence-electron chi connectivity index (χ0n) is 12.8. The molecule has 128 valence electrons. The molecular formula is C16H14F3NO4. The quantitative estimate of drug-likeness (QED) is 0.897. The van der Waals surface area contributed by atoms with Gasteiger partial charge in [0.1, 0.15) is 11.5 Å². The SMILES string of the molecule is COc1ccc(OC)c(C(=O)Nc2ccccc2OC(F)(F)F)c1. The summed E-state index contributed by atoms with van der Waals surface area (Å²) < 4.78 is 51.3. The molecule has 24 heavy (non-hydrogen) atoms. The van der Waals surface area contributed by atoms with Gasteiger partial charge in [-0.05, 0) is 30.3 Å². The highest BCUT2D eigenvalue weighted by Crippen LogP contribution is 2.31. The smallest absolute Gasteiger partial charge is 0.497 e. The summed E-state index contributed by atoms with van der Waals surface area (Å²) in [6.45, 7) is 0. The van der Waals surface area contributed by atoms with Crippen LogP contribution in [0.25, 0.3) is 0 Å². The van der Waals surface area contributed by atoms with Crippen LogP contribution in [0.2, 0.25) is 0 Å². The molecule has 0 bridgehead atoms. The van der Waals surface area contributed by atoms with E-state index < -0.39 is 18.0 Å². The first-order valence-corrected chi connectivity index (χ1v) is 6.72. The van der Waals surface area contributed by atoms with Gasteiger partial charge in [-0.2, -0.15) is 0 Å². The largest absolute Gasteiger partial charge is 0.573 e. The maximum absolute atomic E-state index is 12.4. The first-order valence-electron chi connectivity index (χ1n) is 6.72. The van der Waals surface area contributed by atoms with Crippen molar-refractivity contribution in [2.45, 2.75) is 6.36 Å². The van der Waals surface area contributed by atoms with E-state index in [2.05, 4.69) is 10.1 Å². The molecule has 0 saturated carbocycles. The maximum atomic E-state index is 12.4. The molecule has 0 radical (unpaired) electrons. The van der Waals surface area contributed by atoms with Crippen molar-refractivity contribution in [2.24, 2.45) is 0 Å². The number of carbonyl (C=O) groups excluding carboxylic acids is 1. The van der Waals surface area contributed by atoms with E-state index in [1.165, 1.54) is 44.6 Å². The Labute approximate surface area is 135 Å². The summed E-state index contributed by atoms with van der Waals surface area (Å²) in [5.41, 5.74) is -0.0108. The molecule has 8 heteroatoms. The molecule has 0 aliphatic heterocycles. The summed E-state index contributed by atoms with van der Waals surface area (Å²) in [6.07, 6.45) is -4.87. The van der Waals surface area contributed by atoms with Crippen LogP contribution in [0, 0.1) is 0 Å². The topological polar surface area (TPSA) is 56.8 Å². The first-order chi connectivity index (χ1) is 11.3. The Bertz CT molecular complexity index is 732. The zero-order valence-corrected chi connectivity index (χ0v) is 12.8. The van der Waals surface area contributed by atoms with Crippen LogP contribution in [0.4, 0.5) is 18.9 Å². The van der Waals surface area contributed by atoms with Gasteiger partial charge in [-0.25, -0.2) is 0 Å². The molecular weight excluding hydrogens is 327 g/mol. The van der Waals surface area contributed by atoms with Crippen LogP contribution in [0.15, 0.2) is 42.5 Å². The number of ether oxygens (including phenoxy) is 3. The minimum atomic E-state index is -4.87. The number of anilines is 1. The number of methoxy groups -OCH3 is 2. The van der Waals surface area contributed by atoms with Crippen LogP contribution in [0.5, 0.6) is 17.2 Å². The van der Waals surface area contributed by atoms with Gasteiger partial charge in [-0.3, -0.25) is 4.79 Å². The fourth-order valence-corrected chi connectivity index (χ4v) is 1.96. The normalized spacial score (nSPS) is 10.9. The second-order valence-corrected chi connectivity index (χ2v) is 4.56. The monoisotopic (exact) mass is 341 g/mol. The highest BCUT2D eigenvalue weighted by atomic mass is 19.4. The van der Waals surface area contributed by atoms with Crippen molar-refractivity contribution in [3.8, 4) is 17.2 Å². The lowest BCUT2D eigenvalue weighted by atomic mass is 10.1. The van der Waals surface area contributed by atoms with Crippen LogP contribution < -0.4 is 19.5 Å². The number of amides is 1. The van der Waals surface area contributed by atoms with Crippen molar-refractivity contribution >= 4 is 11.6 Å². The molecule has 0 atom stereocenters. The van der Waals surface area contributed by atoms with Crippen molar-refractivity contribution in [3.05, 3.63) is 48.0 Å². The van der Waals surface area contributed by atoms with E-state index in [-0.39, 0.29) is 17.0 Å². The predicted molar refractivity (Wildman–Crippen MR) is 80.6 cm³/mol. The van der Waals surface area contributed by atoms with E-state index in [1.807, 2.05) is 0 Å². The summed E-state index contributed by atoms with van der Waals surface area (Å²) in [4.78, 5) is 12.4. The van der Waals surface area contributed by atoms with E-state index in [0.29, 0.717) is 5.75 Å². The van der Waals surface area contributed by atoms with Gasteiger partial charge in [-0.1, -0.05) is 12.1 Å². The second-order valence-electron chi connectivity index (χ2n) is 4.56. The van der Waals surface area contributed by atoms with Crippen molar-refractivity contribution in [2.75, 3.05) is 19.5 Å². The van der Waals surface area contributed by atoms with Gasteiger partial charge in [0.25, 0.3) is 5.91 Å². The molecule has 0 fully saturated rings. The van der Waals surface area contributed by atoms with Crippen LogP contribution >= 0.6 is 0 Å². The van der Waals surface area contributed by atoms with Crippen LogP contribution in [0.3, 0.4) is 0 Å². The fraction of sp³-hybridized carbons (Fsp3) is 0.188. The van der Waals surface area contributed by atoms with Gasteiger partial charge >= 0.3 is 6.36 Å². The molecule has 0 heterocycles. The third-order valence-corrected chi connectivity index (χ3v) is 3.01. The number of para-hydroxylation sites is 2. The van der Waals surface area contributed by atoms with E-state index in [0.717, 1.165) is 6.07 Å². The molecule has 0 spiro atoms. The molecule has 1 N–H and O–H groups in total. The van der Waals surface area contributed by atoms with Crippen molar-refractivity contribution in [1.82, 2.24) is 0 Å².